The second-order valence-corrected chi connectivity index (χ2v) is 22.7. The van der Waals surface area contributed by atoms with Crippen molar-refractivity contribution >= 4 is 34.1 Å². The van der Waals surface area contributed by atoms with Gasteiger partial charge in [0.2, 0.25) is 0 Å². The van der Waals surface area contributed by atoms with Gasteiger partial charge in [-0.3, -0.25) is 19.9 Å². The third kappa shape index (κ3) is 7.98. The Labute approximate surface area is 485 Å². The number of pyridine rings is 4. The van der Waals surface area contributed by atoms with Crippen molar-refractivity contribution in [1.82, 2.24) is 19.9 Å². The zero-order chi connectivity index (χ0) is 56.3. The fourth-order valence-corrected chi connectivity index (χ4v) is 13.6. The molecule has 0 atom stereocenters. The van der Waals surface area contributed by atoms with Crippen molar-refractivity contribution in [2.45, 2.75) is 49.5 Å². The summed E-state index contributed by atoms with van der Waals surface area (Å²) in [7, 11) is 0. The number of benzene rings is 8. The molecule has 0 unspecified atom stereocenters. The molecule has 0 amide bonds. The summed E-state index contributed by atoms with van der Waals surface area (Å²) < 4.78 is 0. The largest absolute Gasteiger partial charge is 0.376 e. The highest BCUT2D eigenvalue weighted by Gasteiger charge is 2.49. The van der Waals surface area contributed by atoms with Gasteiger partial charge in [0.15, 0.2) is 0 Å². The maximum absolute atomic E-state index is 11.4. The molecule has 400 valence electrons. The van der Waals surface area contributed by atoms with E-state index in [9.17, 15) is 5.11 Å². The van der Waals surface area contributed by atoms with E-state index in [0.717, 1.165) is 45.2 Å². The molecule has 6 heterocycles. The van der Waals surface area contributed by atoms with Crippen LogP contribution < -0.4 is 9.80 Å². The van der Waals surface area contributed by atoms with Crippen LogP contribution >= 0.6 is 0 Å². The van der Waals surface area contributed by atoms with E-state index in [2.05, 4.69) is 254 Å². The van der Waals surface area contributed by atoms with Gasteiger partial charge in [-0.2, -0.15) is 0 Å². The van der Waals surface area contributed by atoms with E-state index in [4.69, 9.17) is 9.97 Å². The lowest BCUT2D eigenvalue weighted by Crippen LogP contribution is -2.33. The second kappa shape index (κ2) is 20.2. The topological polar surface area (TPSA) is 78.3 Å². The molecule has 83 heavy (non-hydrogen) atoms. The molecule has 7 nitrogen and oxygen atoms in total. The van der Waals surface area contributed by atoms with Crippen molar-refractivity contribution in [2.75, 3.05) is 9.80 Å². The minimum atomic E-state index is -1.17. The molecule has 0 radical (unpaired) electrons. The summed E-state index contributed by atoms with van der Waals surface area (Å²) in [6.07, 6.45) is 7.22. The lowest BCUT2D eigenvalue weighted by atomic mass is 9.65. The summed E-state index contributed by atoms with van der Waals surface area (Å²) >= 11 is 0. The van der Waals surface area contributed by atoms with Crippen LogP contribution in [0.1, 0.15) is 88.9 Å². The molecule has 0 fully saturated rings. The summed E-state index contributed by atoms with van der Waals surface area (Å²) in [5, 5.41) is 11.4. The van der Waals surface area contributed by atoms with Crippen molar-refractivity contribution in [3.63, 3.8) is 0 Å². The zero-order valence-corrected chi connectivity index (χ0v) is 46.8. The fourth-order valence-electron chi connectivity index (χ4n) is 13.6. The first kappa shape index (κ1) is 51.1. The van der Waals surface area contributed by atoms with Crippen molar-refractivity contribution in [3.05, 3.63) is 347 Å². The minimum Gasteiger partial charge on any atom is -0.376 e. The molecule has 12 aromatic rings. The van der Waals surface area contributed by atoms with E-state index in [1.165, 1.54) is 72.9 Å². The number of anilines is 6. The number of rotatable bonds is 5. The Morgan fingerprint density at radius 3 is 1.01 bits per heavy atom. The molecule has 2 aliphatic carbocycles. The molecular formula is C76H60N6O. The monoisotopic (exact) mass is 1070 g/mol. The summed E-state index contributed by atoms with van der Waals surface area (Å²) in [6, 6.07) is 91.3. The SMILES string of the molecule is CC1(C)c2ccccc2N(c2ccccc2)c2ccc(C3(c4ccccc4)c4cccnc4-c4ncccc43)cc21.CC1(C)c2ccccc2N(c2ccccc2)c2ccccc21.OC1(c2ccccc2)c2cccnc2-c2ncccc21. The Morgan fingerprint density at radius 2 is 0.590 bits per heavy atom. The third-order valence-corrected chi connectivity index (χ3v) is 17.5. The Hall–Kier alpha value is -10.1. The van der Waals surface area contributed by atoms with Gasteiger partial charge in [-0.15, -0.1) is 0 Å². The summed E-state index contributed by atoms with van der Waals surface area (Å²) in [6.45, 7) is 9.33. The highest BCUT2D eigenvalue weighted by molar-refractivity contribution is 5.89. The van der Waals surface area contributed by atoms with Gasteiger partial charge in [0.05, 0.1) is 50.9 Å². The van der Waals surface area contributed by atoms with Crippen molar-refractivity contribution in [1.29, 1.82) is 0 Å². The average Bonchev–Trinajstić information content (AvgIpc) is 1.91. The Kier molecular flexibility index (Phi) is 12.4. The molecule has 1 N–H and O–H groups in total. The fraction of sp³-hybridized carbons (Fsp3) is 0.105. The van der Waals surface area contributed by atoms with Gasteiger partial charge >= 0.3 is 0 Å². The molecule has 0 saturated heterocycles. The molecule has 0 saturated carbocycles. The first-order valence-corrected chi connectivity index (χ1v) is 28.4. The standard InChI is InChI=1S/C38H29N3.C21H19N.C17H12N2O/c1-37(2)29-17-9-10-20-33(29)41(28-15-7-4-8-16-28)34-22-21-27(25-32(34)37)38(26-13-5-3-6-14-26)30-18-11-23-39-35(30)36-31(38)19-12-24-40-36;1-21(2)17-12-6-8-14-19(17)22(16-10-4-3-5-11-16)20-15-9-7-13-18(20)21;20-17(12-6-2-1-3-7-12)13-8-4-10-18-15(13)16-14(17)9-5-11-19-16/h3-25H,1-2H3;3-15H,1-2H3;1-11,20H. The smallest absolute Gasteiger partial charge is 0.144 e. The quantitative estimate of drug-likeness (QED) is 0.184. The van der Waals surface area contributed by atoms with Crippen molar-refractivity contribution < 1.29 is 5.11 Å². The van der Waals surface area contributed by atoms with E-state index >= 15 is 0 Å². The summed E-state index contributed by atoms with van der Waals surface area (Å²) in [5.41, 5.74) is 21.5. The van der Waals surface area contributed by atoms with Gasteiger partial charge < -0.3 is 14.9 Å². The number of fused-ring (bicyclic) bond motifs is 10. The second-order valence-electron chi connectivity index (χ2n) is 22.7. The lowest BCUT2D eigenvalue weighted by molar-refractivity contribution is 0.130. The van der Waals surface area contributed by atoms with Gasteiger partial charge in [0.1, 0.15) is 5.60 Å². The van der Waals surface area contributed by atoms with Crippen LogP contribution in [0.3, 0.4) is 0 Å². The zero-order valence-electron chi connectivity index (χ0n) is 46.8. The van der Waals surface area contributed by atoms with Crippen LogP contribution in [0.4, 0.5) is 34.1 Å². The molecule has 0 bridgehead atoms. The number of nitrogens with zero attached hydrogens (tertiary/aromatic N) is 6. The molecular weight excluding hydrogens is 1010 g/mol. The Bertz CT molecular complexity index is 4230. The lowest BCUT2D eigenvalue weighted by Gasteiger charge is -2.43. The molecule has 4 aromatic heterocycles. The van der Waals surface area contributed by atoms with E-state index in [1.54, 1.807) is 12.4 Å². The third-order valence-electron chi connectivity index (χ3n) is 17.5. The molecule has 4 aliphatic rings. The normalized spacial score (nSPS) is 15.1. The Morgan fingerprint density at radius 1 is 0.277 bits per heavy atom. The highest BCUT2D eigenvalue weighted by Crippen LogP contribution is 2.58. The highest BCUT2D eigenvalue weighted by atomic mass is 16.3. The van der Waals surface area contributed by atoms with Crippen LogP contribution in [0.2, 0.25) is 0 Å². The molecule has 7 heteroatoms. The van der Waals surface area contributed by atoms with Crippen molar-refractivity contribution in [3.8, 4) is 22.8 Å². The molecule has 8 aromatic carbocycles. The number of hydrogen-bond acceptors (Lipinski definition) is 7. The number of aliphatic hydroxyl groups is 1. The molecule has 16 rings (SSSR count). The minimum absolute atomic E-state index is 0.0124. The van der Waals surface area contributed by atoms with Crippen LogP contribution in [0.15, 0.2) is 286 Å². The van der Waals surface area contributed by atoms with Crippen LogP contribution in [-0.4, -0.2) is 25.0 Å². The number of hydrogen-bond donors (Lipinski definition) is 1. The van der Waals surface area contributed by atoms with Gasteiger partial charge in [-0.05, 0) is 123 Å². The van der Waals surface area contributed by atoms with Crippen LogP contribution in [0.5, 0.6) is 0 Å². The molecule has 0 spiro atoms. The van der Waals surface area contributed by atoms with Gasteiger partial charge in [0, 0.05) is 58.1 Å². The first-order chi connectivity index (χ1) is 40.6. The van der Waals surface area contributed by atoms with Crippen LogP contribution in [0.25, 0.3) is 22.8 Å². The van der Waals surface area contributed by atoms with Gasteiger partial charge in [-0.1, -0.05) is 216 Å². The van der Waals surface area contributed by atoms with Crippen LogP contribution in [0, 0.1) is 0 Å². The summed E-state index contributed by atoms with van der Waals surface area (Å²) in [5.74, 6) is 0. The van der Waals surface area contributed by atoms with E-state index in [-0.39, 0.29) is 10.8 Å². The average molecular weight is 1070 g/mol. The maximum atomic E-state index is 11.4. The van der Waals surface area contributed by atoms with Gasteiger partial charge in [0.25, 0.3) is 0 Å². The number of aromatic nitrogens is 4. The maximum Gasteiger partial charge on any atom is 0.144 e. The molecule has 2 aliphatic heterocycles. The van der Waals surface area contributed by atoms with Crippen molar-refractivity contribution in [2.24, 2.45) is 0 Å². The number of para-hydroxylation sites is 5. The predicted molar refractivity (Wildman–Crippen MR) is 335 cm³/mol. The Balaban J connectivity index is 0.000000123. The summed E-state index contributed by atoms with van der Waals surface area (Å²) in [4.78, 5) is 23.3. The first-order valence-electron chi connectivity index (χ1n) is 28.4. The van der Waals surface area contributed by atoms with Crippen LogP contribution in [-0.2, 0) is 21.8 Å². The predicted octanol–water partition coefficient (Wildman–Crippen LogP) is 17.5. The van der Waals surface area contributed by atoms with Gasteiger partial charge in [-0.25, -0.2) is 0 Å². The van der Waals surface area contributed by atoms with E-state index in [1.807, 2.05) is 67.0 Å². The van der Waals surface area contributed by atoms with E-state index < -0.39 is 11.0 Å². The van der Waals surface area contributed by atoms with E-state index in [0.29, 0.717) is 0 Å².